The van der Waals surface area contributed by atoms with E-state index in [9.17, 15) is 9.18 Å². The molecule has 0 amide bonds. The number of hydrogen-bond acceptors (Lipinski definition) is 2. The third-order valence-corrected chi connectivity index (χ3v) is 2.33. The van der Waals surface area contributed by atoms with E-state index in [-0.39, 0.29) is 5.82 Å². The number of carbonyl (C=O) groups is 1. The minimum absolute atomic E-state index is 0.244. The van der Waals surface area contributed by atoms with Crippen LogP contribution in [0, 0.1) is 5.82 Å². The van der Waals surface area contributed by atoms with Crippen LogP contribution in [0.5, 0.6) is 0 Å². The van der Waals surface area contributed by atoms with Crippen LogP contribution in [0.3, 0.4) is 0 Å². The lowest BCUT2D eigenvalue weighted by Gasteiger charge is -2.13. The van der Waals surface area contributed by atoms with E-state index in [1.807, 2.05) is 0 Å². The van der Waals surface area contributed by atoms with Crippen molar-refractivity contribution in [2.24, 2.45) is 0 Å². The maximum atomic E-state index is 13.2. The highest BCUT2D eigenvalue weighted by atomic mass is 79.9. The molecule has 0 saturated carbocycles. The van der Waals surface area contributed by atoms with Crippen molar-refractivity contribution in [2.75, 3.05) is 13.6 Å². The Hall–Kier alpha value is -0.740. The van der Waals surface area contributed by atoms with Crippen LogP contribution in [0.2, 0.25) is 0 Å². The molecule has 0 atom stereocenters. The Morgan fingerprint density at radius 3 is 2.93 bits per heavy atom. The number of likely N-dealkylation sites (N-methyl/N-ethyl adjacent to an activating group) is 1. The largest absolute Gasteiger partial charge is 0.302 e. The van der Waals surface area contributed by atoms with Crippen LogP contribution in [-0.4, -0.2) is 24.8 Å². The fourth-order valence-electron chi connectivity index (χ4n) is 1.15. The van der Waals surface area contributed by atoms with Crippen molar-refractivity contribution in [3.8, 4) is 0 Å². The van der Waals surface area contributed by atoms with Gasteiger partial charge in [-0.15, -0.1) is 0 Å². The standard InChI is InChI=1S/C10H11BrFNO/c1-13(4-5-14)7-8-6-9(11)2-3-10(8)12/h2-3,5-6H,4,7H2,1H3. The summed E-state index contributed by atoms with van der Waals surface area (Å²) >= 11 is 3.27. The van der Waals surface area contributed by atoms with Crippen molar-refractivity contribution < 1.29 is 9.18 Å². The van der Waals surface area contributed by atoms with Gasteiger partial charge in [0, 0.05) is 16.6 Å². The van der Waals surface area contributed by atoms with Crippen LogP contribution in [0.15, 0.2) is 22.7 Å². The van der Waals surface area contributed by atoms with Gasteiger partial charge in [0.15, 0.2) is 0 Å². The lowest BCUT2D eigenvalue weighted by Crippen LogP contribution is -2.20. The summed E-state index contributed by atoms with van der Waals surface area (Å²) in [5, 5.41) is 0. The number of carbonyl (C=O) groups excluding carboxylic acids is 1. The van der Waals surface area contributed by atoms with Gasteiger partial charge in [0.25, 0.3) is 0 Å². The zero-order valence-corrected chi connectivity index (χ0v) is 9.42. The second kappa shape index (κ2) is 5.22. The van der Waals surface area contributed by atoms with Gasteiger partial charge >= 0.3 is 0 Å². The number of hydrogen-bond donors (Lipinski definition) is 0. The van der Waals surface area contributed by atoms with Crippen molar-refractivity contribution in [3.05, 3.63) is 34.1 Å². The molecular formula is C10H11BrFNO. The topological polar surface area (TPSA) is 20.3 Å². The zero-order valence-electron chi connectivity index (χ0n) is 7.84. The number of benzene rings is 1. The second-order valence-corrected chi connectivity index (χ2v) is 4.01. The van der Waals surface area contributed by atoms with E-state index in [0.29, 0.717) is 18.7 Å². The molecule has 0 spiro atoms. The van der Waals surface area contributed by atoms with E-state index < -0.39 is 0 Å². The molecule has 1 aromatic carbocycles. The molecule has 0 saturated heterocycles. The third-order valence-electron chi connectivity index (χ3n) is 1.83. The number of aldehydes is 1. The molecule has 0 heterocycles. The summed E-state index contributed by atoms with van der Waals surface area (Å²) in [6.07, 6.45) is 0.801. The third kappa shape index (κ3) is 3.20. The molecule has 4 heteroatoms. The predicted octanol–water partition coefficient (Wildman–Crippen LogP) is 2.22. The molecule has 1 rings (SSSR count). The van der Waals surface area contributed by atoms with E-state index >= 15 is 0 Å². The quantitative estimate of drug-likeness (QED) is 0.773. The maximum absolute atomic E-state index is 13.2. The first-order chi connectivity index (χ1) is 6.63. The van der Waals surface area contributed by atoms with Crippen molar-refractivity contribution in [3.63, 3.8) is 0 Å². The Labute approximate surface area is 90.8 Å². The molecular weight excluding hydrogens is 249 g/mol. The van der Waals surface area contributed by atoms with E-state index in [2.05, 4.69) is 15.9 Å². The molecule has 0 aliphatic heterocycles. The second-order valence-electron chi connectivity index (χ2n) is 3.10. The predicted molar refractivity (Wildman–Crippen MR) is 56.5 cm³/mol. The van der Waals surface area contributed by atoms with Gasteiger partial charge in [0.1, 0.15) is 12.1 Å². The van der Waals surface area contributed by atoms with Crippen LogP contribution < -0.4 is 0 Å². The summed E-state index contributed by atoms with van der Waals surface area (Å²) in [5.41, 5.74) is 0.587. The summed E-state index contributed by atoms with van der Waals surface area (Å²) in [6, 6.07) is 4.78. The monoisotopic (exact) mass is 259 g/mol. The van der Waals surface area contributed by atoms with Crippen LogP contribution >= 0.6 is 15.9 Å². The van der Waals surface area contributed by atoms with E-state index in [1.54, 1.807) is 24.1 Å². The summed E-state index contributed by atoms with van der Waals surface area (Å²) in [5.74, 6) is -0.244. The average Bonchev–Trinajstić information content (AvgIpc) is 2.12. The fourth-order valence-corrected chi connectivity index (χ4v) is 1.56. The minimum Gasteiger partial charge on any atom is -0.302 e. The Bertz CT molecular complexity index is 330. The van der Waals surface area contributed by atoms with Crippen molar-refractivity contribution in [1.29, 1.82) is 0 Å². The van der Waals surface area contributed by atoms with Gasteiger partial charge in [-0.3, -0.25) is 4.90 Å². The fraction of sp³-hybridized carbons (Fsp3) is 0.300. The van der Waals surface area contributed by atoms with Gasteiger partial charge in [0.2, 0.25) is 0 Å². The van der Waals surface area contributed by atoms with Crippen LogP contribution in [0.25, 0.3) is 0 Å². The normalized spacial score (nSPS) is 10.6. The summed E-state index contributed by atoms with van der Waals surface area (Å²) in [6.45, 7) is 0.746. The highest BCUT2D eigenvalue weighted by Gasteiger charge is 2.05. The minimum atomic E-state index is -0.244. The SMILES string of the molecule is CN(CC=O)Cc1cc(Br)ccc1F. The number of halogens is 2. The summed E-state index contributed by atoms with van der Waals surface area (Å²) in [7, 11) is 1.77. The van der Waals surface area contributed by atoms with Crippen LogP contribution in [0.4, 0.5) is 4.39 Å². The van der Waals surface area contributed by atoms with Crippen LogP contribution in [-0.2, 0) is 11.3 Å². The zero-order chi connectivity index (χ0) is 10.6. The Morgan fingerprint density at radius 2 is 2.29 bits per heavy atom. The molecule has 14 heavy (non-hydrogen) atoms. The van der Waals surface area contributed by atoms with Crippen molar-refractivity contribution in [1.82, 2.24) is 4.90 Å². The first-order valence-electron chi connectivity index (χ1n) is 4.19. The first-order valence-corrected chi connectivity index (χ1v) is 4.99. The molecule has 0 fully saturated rings. The highest BCUT2D eigenvalue weighted by molar-refractivity contribution is 9.10. The average molecular weight is 260 g/mol. The Morgan fingerprint density at radius 1 is 1.57 bits per heavy atom. The molecule has 1 aromatic rings. The van der Waals surface area contributed by atoms with E-state index in [4.69, 9.17) is 0 Å². The smallest absolute Gasteiger partial charge is 0.133 e. The maximum Gasteiger partial charge on any atom is 0.133 e. The van der Waals surface area contributed by atoms with Gasteiger partial charge in [-0.25, -0.2) is 4.39 Å². The summed E-state index contributed by atoms with van der Waals surface area (Å²) in [4.78, 5) is 12.0. The van der Waals surface area contributed by atoms with E-state index in [1.165, 1.54) is 6.07 Å². The molecule has 0 N–H and O–H groups in total. The molecule has 0 aliphatic rings. The highest BCUT2D eigenvalue weighted by Crippen LogP contribution is 2.16. The molecule has 0 bridgehead atoms. The number of nitrogens with zero attached hydrogens (tertiary/aromatic N) is 1. The molecule has 2 nitrogen and oxygen atoms in total. The van der Waals surface area contributed by atoms with Gasteiger partial charge in [-0.2, -0.15) is 0 Å². The molecule has 0 aliphatic carbocycles. The van der Waals surface area contributed by atoms with E-state index in [0.717, 1.165) is 10.8 Å². The van der Waals surface area contributed by atoms with Gasteiger partial charge < -0.3 is 4.79 Å². The number of rotatable bonds is 4. The van der Waals surface area contributed by atoms with Crippen LogP contribution in [0.1, 0.15) is 5.56 Å². The molecule has 0 radical (unpaired) electrons. The van der Waals surface area contributed by atoms with Gasteiger partial charge in [-0.05, 0) is 25.2 Å². The Kier molecular flexibility index (Phi) is 4.22. The van der Waals surface area contributed by atoms with Crippen molar-refractivity contribution in [2.45, 2.75) is 6.54 Å². The van der Waals surface area contributed by atoms with Crippen molar-refractivity contribution >= 4 is 22.2 Å². The molecule has 0 unspecified atom stereocenters. The van der Waals surface area contributed by atoms with Gasteiger partial charge in [-0.1, -0.05) is 15.9 Å². The molecule has 76 valence electrons. The molecule has 0 aromatic heterocycles. The lowest BCUT2D eigenvalue weighted by atomic mass is 10.2. The summed E-state index contributed by atoms with van der Waals surface area (Å²) < 4.78 is 14.1. The Balaban J connectivity index is 2.74. The first kappa shape index (κ1) is 11.3. The lowest BCUT2D eigenvalue weighted by molar-refractivity contribution is -0.108. The van der Waals surface area contributed by atoms with Gasteiger partial charge in [0.05, 0.1) is 6.54 Å².